The van der Waals surface area contributed by atoms with Crippen molar-refractivity contribution in [3.05, 3.63) is 33.8 Å². The molecule has 0 saturated carbocycles. The Morgan fingerprint density at radius 3 is 2.90 bits per heavy atom. The van der Waals surface area contributed by atoms with Gasteiger partial charge in [0.25, 0.3) is 5.91 Å². The summed E-state index contributed by atoms with van der Waals surface area (Å²) in [6, 6.07) is 5.65. The number of carboxylic acids is 1. The molecule has 0 bridgehead atoms. The molecule has 1 aromatic rings. The van der Waals surface area contributed by atoms with Gasteiger partial charge in [-0.05, 0) is 49.8 Å². The highest BCUT2D eigenvalue weighted by molar-refractivity contribution is 9.10. The van der Waals surface area contributed by atoms with Gasteiger partial charge in [-0.2, -0.15) is 0 Å². The van der Waals surface area contributed by atoms with E-state index in [0.29, 0.717) is 18.9 Å². The second-order valence-electron chi connectivity index (χ2n) is 5.60. The van der Waals surface area contributed by atoms with Gasteiger partial charge < -0.3 is 10.0 Å². The lowest BCUT2D eigenvalue weighted by molar-refractivity contribution is -0.137. The molecule has 1 aromatic carbocycles. The molecule has 1 fully saturated rings. The maximum atomic E-state index is 12.6. The molecule has 2 rings (SSSR count). The quantitative estimate of drug-likeness (QED) is 0.901. The molecule has 114 valence electrons. The number of carbonyl (C=O) groups is 2. The van der Waals surface area contributed by atoms with E-state index in [0.717, 1.165) is 35.0 Å². The molecule has 0 unspecified atom stereocenters. The number of carbonyl (C=O) groups excluding carboxylic acids is 1. The predicted octanol–water partition coefficient (Wildman–Crippen LogP) is 3.47. The molecule has 1 atom stereocenters. The second-order valence-corrected chi connectivity index (χ2v) is 6.46. The lowest BCUT2D eigenvalue weighted by atomic mass is 9.92. The van der Waals surface area contributed by atoms with Crippen molar-refractivity contribution in [2.75, 3.05) is 13.1 Å². The second kappa shape index (κ2) is 7.07. The summed E-state index contributed by atoms with van der Waals surface area (Å²) in [6.45, 7) is 3.36. The zero-order valence-electron chi connectivity index (χ0n) is 12.1. The van der Waals surface area contributed by atoms with Crippen molar-refractivity contribution in [3.63, 3.8) is 0 Å². The molecule has 1 amide bonds. The van der Waals surface area contributed by atoms with Crippen LogP contribution in [0.15, 0.2) is 22.7 Å². The standard InChI is InChI=1S/C16H20BrNO3/c1-11-13(5-2-6-14(11)17)16(21)18-9-3-4-12(10-18)7-8-15(19)20/h2,5-6,12H,3-4,7-10H2,1H3,(H,19,20)/t12-/m0/s1. The zero-order chi connectivity index (χ0) is 15.4. The van der Waals surface area contributed by atoms with E-state index in [1.165, 1.54) is 0 Å². The van der Waals surface area contributed by atoms with Crippen molar-refractivity contribution in [3.8, 4) is 0 Å². The van der Waals surface area contributed by atoms with E-state index < -0.39 is 5.97 Å². The predicted molar refractivity (Wildman–Crippen MR) is 84.4 cm³/mol. The number of likely N-dealkylation sites (tertiary alicyclic amines) is 1. The Labute approximate surface area is 133 Å². The summed E-state index contributed by atoms with van der Waals surface area (Å²) >= 11 is 3.46. The minimum absolute atomic E-state index is 0.0498. The van der Waals surface area contributed by atoms with Gasteiger partial charge in [-0.1, -0.05) is 22.0 Å². The molecule has 1 heterocycles. The average molecular weight is 354 g/mol. The van der Waals surface area contributed by atoms with Crippen LogP contribution in [-0.4, -0.2) is 35.0 Å². The minimum Gasteiger partial charge on any atom is -0.481 e. The molecule has 1 saturated heterocycles. The van der Waals surface area contributed by atoms with Crippen molar-refractivity contribution < 1.29 is 14.7 Å². The van der Waals surface area contributed by atoms with Crippen molar-refractivity contribution in [1.29, 1.82) is 0 Å². The number of carboxylic acid groups (broad SMARTS) is 1. The summed E-state index contributed by atoms with van der Waals surface area (Å²) in [7, 11) is 0. The molecule has 0 radical (unpaired) electrons. The van der Waals surface area contributed by atoms with E-state index in [2.05, 4.69) is 15.9 Å². The molecule has 1 aliphatic heterocycles. The third-order valence-corrected chi connectivity index (χ3v) is 4.93. The lowest BCUT2D eigenvalue weighted by Gasteiger charge is -2.33. The van der Waals surface area contributed by atoms with E-state index >= 15 is 0 Å². The molecule has 1 aliphatic rings. The van der Waals surface area contributed by atoms with Gasteiger partial charge in [-0.3, -0.25) is 9.59 Å². The van der Waals surface area contributed by atoms with Crippen LogP contribution < -0.4 is 0 Å². The van der Waals surface area contributed by atoms with E-state index in [9.17, 15) is 9.59 Å². The van der Waals surface area contributed by atoms with Crippen LogP contribution in [0.5, 0.6) is 0 Å². The molecule has 4 nitrogen and oxygen atoms in total. The first kappa shape index (κ1) is 16.0. The van der Waals surface area contributed by atoms with Crippen LogP contribution in [0.3, 0.4) is 0 Å². The fourth-order valence-electron chi connectivity index (χ4n) is 2.82. The summed E-state index contributed by atoms with van der Waals surface area (Å²) in [5.74, 6) is -0.415. The first-order valence-electron chi connectivity index (χ1n) is 7.25. The number of benzene rings is 1. The highest BCUT2D eigenvalue weighted by atomic mass is 79.9. The van der Waals surface area contributed by atoms with E-state index in [-0.39, 0.29) is 12.3 Å². The average Bonchev–Trinajstić information content (AvgIpc) is 2.47. The molecular weight excluding hydrogens is 334 g/mol. The highest BCUT2D eigenvalue weighted by Crippen LogP contribution is 2.25. The number of piperidine rings is 1. The number of hydrogen-bond donors (Lipinski definition) is 1. The number of rotatable bonds is 4. The largest absolute Gasteiger partial charge is 0.481 e. The third-order valence-electron chi connectivity index (χ3n) is 4.07. The van der Waals surface area contributed by atoms with Gasteiger partial charge in [0.15, 0.2) is 0 Å². The van der Waals surface area contributed by atoms with Gasteiger partial charge >= 0.3 is 5.97 Å². The van der Waals surface area contributed by atoms with Crippen LogP contribution in [-0.2, 0) is 4.79 Å². The number of halogens is 1. The van der Waals surface area contributed by atoms with Crippen LogP contribution in [0.1, 0.15) is 41.6 Å². The minimum atomic E-state index is -0.763. The van der Waals surface area contributed by atoms with Crippen molar-refractivity contribution in [1.82, 2.24) is 4.90 Å². The smallest absolute Gasteiger partial charge is 0.303 e. The Bertz CT molecular complexity index is 544. The van der Waals surface area contributed by atoms with E-state index in [1.807, 2.05) is 30.0 Å². The monoisotopic (exact) mass is 353 g/mol. The summed E-state index contributed by atoms with van der Waals surface area (Å²) in [4.78, 5) is 25.2. The van der Waals surface area contributed by atoms with Gasteiger partial charge in [0.1, 0.15) is 0 Å². The van der Waals surface area contributed by atoms with Gasteiger partial charge in [-0.15, -0.1) is 0 Å². The normalized spacial score (nSPS) is 18.6. The van der Waals surface area contributed by atoms with Crippen molar-refractivity contribution in [2.45, 2.75) is 32.6 Å². The molecule has 0 aliphatic carbocycles. The Kier molecular flexibility index (Phi) is 5.39. The van der Waals surface area contributed by atoms with Gasteiger partial charge in [0, 0.05) is 29.5 Å². The Balaban J connectivity index is 2.05. The van der Waals surface area contributed by atoms with Gasteiger partial charge in [0.2, 0.25) is 0 Å². The van der Waals surface area contributed by atoms with Crippen LogP contribution in [0.2, 0.25) is 0 Å². The van der Waals surface area contributed by atoms with Crippen LogP contribution in [0, 0.1) is 12.8 Å². The molecule has 5 heteroatoms. The first-order valence-corrected chi connectivity index (χ1v) is 8.04. The maximum absolute atomic E-state index is 12.6. The fraction of sp³-hybridized carbons (Fsp3) is 0.500. The number of amides is 1. The highest BCUT2D eigenvalue weighted by Gasteiger charge is 2.25. The molecular formula is C16H20BrNO3. The molecule has 0 spiro atoms. The summed E-state index contributed by atoms with van der Waals surface area (Å²) in [5, 5.41) is 8.78. The van der Waals surface area contributed by atoms with Crippen LogP contribution >= 0.6 is 15.9 Å². The summed E-state index contributed by atoms with van der Waals surface area (Å²) in [5.41, 5.74) is 1.68. The Morgan fingerprint density at radius 1 is 1.43 bits per heavy atom. The van der Waals surface area contributed by atoms with Gasteiger partial charge in [0.05, 0.1) is 0 Å². The number of hydrogen-bond acceptors (Lipinski definition) is 2. The molecule has 21 heavy (non-hydrogen) atoms. The zero-order valence-corrected chi connectivity index (χ0v) is 13.7. The van der Waals surface area contributed by atoms with Gasteiger partial charge in [-0.25, -0.2) is 0 Å². The SMILES string of the molecule is Cc1c(Br)cccc1C(=O)N1CCC[C@@H](CCC(=O)O)C1. The van der Waals surface area contributed by atoms with E-state index in [4.69, 9.17) is 5.11 Å². The Morgan fingerprint density at radius 2 is 2.19 bits per heavy atom. The van der Waals surface area contributed by atoms with Crippen molar-refractivity contribution >= 4 is 27.8 Å². The van der Waals surface area contributed by atoms with Crippen molar-refractivity contribution in [2.24, 2.45) is 5.92 Å². The fourth-order valence-corrected chi connectivity index (χ4v) is 3.19. The molecule has 1 N–H and O–H groups in total. The first-order chi connectivity index (χ1) is 9.99. The third kappa shape index (κ3) is 4.06. The maximum Gasteiger partial charge on any atom is 0.303 e. The van der Waals surface area contributed by atoms with Crippen LogP contribution in [0.25, 0.3) is 0 Å². The van der Waals surface area contributed by atoms with E-state index in [1.54, 1.807) is 0 Å². The van der Waals surface area contributed by atoms with Crippen LogP contribution in [0.4, 0.5) is 0 Å². The lowest BCUT2D eigenvalue weighted by Crippen LogP contribution is -2.40. The number of nitrogens with zero attached hydrogens (tertiary/aromatic N) is 1. The topological polar surface area (TPSA) is 57.6 Å². The summed E-state index contributed by atoms with van der Waals surface area (Å²) in [6.07, 6.45) is 2.79. The Hall–Kier alpha value is -1.36. The molecule has 0 aromatic heterocycles. The number of aliphatic carboxylic acids is 1. The summed E-state index contributed by atoms with van der Waals surface area (Å²) < 4.78 is 0.938.